The van der Waals surface area contributed by atoms with Gasteiger partial charge in [0, 0.05) is 19.1 Å². The number of piperidine rings is 1. The van der Waals surface area contributed by atoms with Crippen LogP contribution in [0.2, 0.25) is 0 Å². The lowest BCUT2D eigenvalue weighted by Gasteiger charge is -2.34. The highest BCUT2D eigenvalue weighted by Crippen LogP contribution is 2.27. The Balaban J connectivity index is 1.65. The predicted octanol–water partition coefficient (Wildman–Crippen LogP) is 0.182. The Bertz CT molecular complexity index is 253. The molecular formula is C12H23N3O. The van der Waals surface area contributed by atoms with E-state index in [4.69, 9.17) is 5.73 Å². The van der Waals surface area contributed by atoms with Crippen LogP contribution in [0.1, 0.15) is 26.2 Å². The monoisotopic (exact) mass is 225 g/mol. The van der Waals surface area contributed by atoms with Crippen molar-refractivity contribution in [1.29, 1.82) is 0 Å². The van der Waals surface area contributed by atoms with Gasteiger partial charge in [-0.2, -0.15) is 0 Å². The number of likely N-dealkylation sites (tertiary alicyclic amines) is 1. The Morgan fingerprint density at radius 2 is 2.19 bits per heavy atom. The van der Waals surface area contributed by atoms with Crippen molar-refractivity contribution in [1.82, 2.24) is 10.2 Å². The third-order valence-electron chi connectivity index (χ3n) is 3.75. The van der Waals surface area contributed by atoms with Crippen LogP contribution in [0.15, 0.2) is 0 Å². The summed E-state index contributed by atoms with van der Waals surface area (Å²) in [4.78, 5) is 13.8. The summed E-state index contributed by atoms with van der Waals surface area (Å²) in [5, 5.41) is 3.00. The molecule has 1 aliphatic carbocycles. The summed E-state index contributed by atoms with van der Waals surface area (Å²) in [7, 11) is 0. The van der Waals surface area contributed by atoms with E-state index in [0.29, 0.717) is 12.5 Å². The summed E-state index contributed by atoms with van der Waals surface area (Å²) in [6.45, 7) is 5.45. The number of hydrogen-bond acceptors (Lipinski definition) is 3. The number of nitrogens with zero attached hydrogens (tertiary/aromatic N) is 1. The van der Waals surface area contributed by atoms with Gasteiger partial charge in [0.2, 0.25) is 5.91 Å². The Labute approximate surface area is 97.6 Å². The zero-order valence-electron chi connectivity index (χ0n) is 10.1. The minimum Gasteiger partial charge on any atom is -0.355 e. The molecule has 3 N–H and O–H groups in total. The van der Waals surface area contributed by atoms with Gasteiger partial charge in [0.15, 0.2) is 0 Å². The predicted molar refractivity (Wildman–Crippen MR) is 63.9 cm³/mol. The maximum Gasteiger partial charge on any atom is 0.234 e. The van der Waals surface area contributed by atoms with E-state index < -0.39 is 0 Å². The minimum atomic E-state index is 0.161. The smallest absolute Gasteiger partial charge is 0.234 e. The van der Waals surface area contributed by atoms with Gasteiger partial charge in [-0.25, -0.2) is 0 Å². The fourth-order valence-electron chi connectivity index (χ4n) is 2.15. The van der Waals surface area contributed by atoms with Crippen LogP contribution in [-0.4, -0.2) is 43.0 Å². The van der Waals surface area contributed by atoms with Crippen LogP contribution in [0.4, 0.5) is 0 Å². The molecule has 0 bridgehead atoms. The molecule has 1 saturated heterocycles. The molecule has 2 unspecified atom stereocenters. The van der Waals surface area contributed by atoms with Crippen LogP contribution >= 0.6 is 0 Å². The zero-order chi connectivity index (χ0) is 11.5. The standard InChI is InChI=1S/C12H23N3O/c1-9-4-5-15(7-11(9)13)8-12(16)14-6-10-2-3-10/h9-11H,2-8,13H2,1H3,(H,14,16). The Morgan fingerprint density at radius 3 is 2.81 bits per heavy atom. The highest BCUT2D eigenvalue weighted by atomic mass is 16.2. The van der Waals surface area contributed by atoms with Crippen molar-refractivity contribution >= 4 is 5.91 Å². The third-order valence-corrected chi connectivity index (χ3v) is 3.75. The molecule has 1 amide bonds. The summed E-state index contributed by atoms with van der Waals surface area (Å²) >= 11 is 0. The zero-order valence-corrected chi connectivity index (χ0v) is 10.1. The van der Waals surface area contributed by atoms with Crippen LogP contribution < -0.4 is 11.1 Å². The van der Waals surface area contributed by atoms with Gasteiger partial charge in [-0.1, -0.05) is 6.92 Å². The van der Waals surface area contributed by atoms with E-state index in [0.717, 1.165) is 32.0 Å². The maximum atomic E-state index is 11.6. The lowest BCUT2D eigenvalue weighted by molar-refractivity contribution is -0.122. The minimum absolute atomic E-state index is 0.161. The second-order valence-electron chi connectivity index (χ2n) is 5.41. The molecule has 1 saturated carbocycles. The van der Waals surface area contributed by atoms with E-state index in [1.165, 1.54) is 12.8 Å². The van der Waals surface area contributed by atoms with Gasteiger partial charge >= 0.3 is 0 Å². The van der Waals surface area contributed by atoms with Gasteiger partial charge in [0.1, 0.15) is 0 Å². The second kappa shape index (κ2) is 5.15. The highest BCUT2D eigenvalue weighted by Gasteiger charge is 2.25. The van der Waals surface area contributed by atoms with E-state index in [-0.39, 0.29) is 11.9 Å². The molecule has 2 fully saturated rings. The number of nitrogens with two attached hydrogens (primary N) is 1. The Kier molecular flexibility index (Phi) is 3.82. The number of amides is 1. The van der Waals surface area contributed by atoms with Gasteiger partial charge < -0.3 is 11.1 Å². The van der Waals surface area contributed by atoms with Gasteiger partial charge in [-0.3, -0.25) is 9.69 Å². The van der Waals surface area contributed by atoms with Crippen molar-refractivity contribution in [3.05, 3.63) is 0 Å². The molecule has 1 aliphatic heterocycles. The molecule has 0 spiro atoms. The molecule has 0 aromatic carbocycles. The first kappa shape index (κ1) is 11.9. The lowest BCUT2D eigenvalue weighted by atomic mass is 9.94. The van der Waals surface area contributed by atoms with E-state index in [1.54, 1.807) is 0 Å². The van der Waals surface area contributed by atoms with Gasteiger partial charge in [-0.15, -0.1) is 0 Å². The normalized spacial score (nSPS) is 31.4. The first-order valence-electron chi connectivity index (χ1n) is 6.40. The average molecular weight is 225 g/mol. The van der Waals surface area contributed by atoms with Crippen molar-refractivity contribution in [3.8, 4) is 0 Å². The highest BCUT2D eigenvalue weighted by molar-refractivity contribution is 5.78. The molecule has 2 rings (SSSR count). The van der Waals surface area contributed by atoms with Crippen molar-refractivity contribution in [2.75, 3.05) is 26.2 Å². The molecule has 0 aromatic rings. The van der Waals surface area contributed by atoms with Crippen molar-refractivity contribution in [2.24, 2.45) is 17.6 Å². The molecule has 0 aromatic heterocycles. The van der Waals surface area contributed by atoms with E-state index in [9.17, 15) is 4.79 Å². The molecule has 0 radical (unpaired) electrons. The van der Waals surface area contributed by atoms with Gasteiger partial charge in [0.25, 0.3) is 0 Å². The summed E-state index contributed by atoms with van der Waals surface area (Å²) in [5.74, 6) is 1.51. The second-order valence-corrected chi connectivity index (χ2v) is 5.41. The molecular weight excluding hydrogens is 202 g/mol. The van der Waals surface area contributed by atoms with Crippen LogP contribution in [0, 0.1) is 11.8 Å². The molecule has 16 heavy (non-hydrogen) atoms. The summed E-state index contributed by atoms with van der Waals surface area (Å²) < 4.78 is 0. The average Bonchev–Trinajstić information content (AvgIpc) is 3.04. The van der Waals surface area contributed by atoms with Crippen LogP contribution in [0.3, 0.4) is 0 Å². The van der Waals surface area contributed by atoms with E-state index >= 15 is 0 Å². The van der Waals surface area contributed by atoms with Crippen molar-refractivity contribution in [2.45, 2.75) is 32.2 Å². The Hall–Kier alpha value is -0.610. The third kappa shape index (κ3) is 3.46. The molecule has 4 heteroatoms. The quantitative estimate of drug-likeness (QED) is 0.717. The van der Waals surface area contributed by atoms with Gasteiger partial charge in [-0.05, 0) is 37.6 Å². The van der Waals surface area contributed by atoms with Crippen LogP contribution in [-0.2, 0) is 4.79 Å². The topological polar surface area (TPSA) is 58.4 Å². The number of carbonyl (C=O) groups excluding carboxylic acids is 1. The molecule has 2 aliphatic rings. The van der Waals surface area contributed by atoms with E-state index in [2.05, 4.69) is 17.1 Å². The first-order chi connectivity index (χ1) is 7.65. The first-order valence-corrected chi connectivity index (χ1v) is 6.40. The summed E-state index contributed by atoms with van der Waals surface area (Å²) in [6, 6.07) is 0.227. The maximum absolute atomic E-state index is 11.6. The number of rotatable bonds is 4. The Morgan fingerprint density at radius 1 is 1.44 bits per heavy atom. The number of nitrogens with one attached hydrogen (secondary N) is 1. The molecule has 4 nitrogen and oxygen atoms in total. The molecule has 92 valence electrons. The lowest BCUT2D eigenvalue weighted by Crippen LogP contribution is -2.50. The van der Waals surface area contributed by atoms with Crippen molar-refractivity contribution in [3.63, 3.8) is 0 Å². The molecule has 1 heterocycles. The number of hydrogen-bond donors (Lipinski definition) is 2. The summed E-state index contributed by atoms with van der Waals surface area (Å²) in [6.07, 6.45) is 3.68. The van der Waals surface area contributed by atoms with E-state index in [1.807, 2.05) is 0 Å². The number of carbonyl (C=O) groups is 1. The van der Waals surface area contributed by atoms with Gasteiger partial charge in [0.05, 0.1) is 6.54 Å². The largest absolute Gasteiger partial charge is 0.355 e. The molecule has 2 atom stereocenters. The summed E-state index contributed by atoms with van der Waals surface area (Å²) in [5.41, 5.74) is 6.00. The van der Waals surface area contributed by atoms with Crippen LogP contribution in [0.25, 0.3) is 0 Å². The fourth-order valence-corrected chi connectivity index (χ4v) is 2.15. The SMILES string of the molecule is CC1CCN(CC(=O)NCC2CC2)CC1N. The van der Waals surface area contributed by atoms with Crippen molar-refractivity contribution < 1.29 is 4.79 Å². The van der Waals surface area contributed by atoms with Crippen LogP contribution in [0.5, 0.6) is 0 Å². The fraction of sp³-hybridized carbons (Fsp3) is 0.917.